The molecule has 0 aliphatic carbocycles. The molecule has 4 heteroatoms. The summed E-state index contributed by atoms with van der Waals surface area (Å²) in [5, 5.41) is 8.97. The first-order valence-corrected chi connectivity index (χ1v) is 5.90. The van der Waals surface area contributed by atoms with Gasteiger partial charge in [0.1, 0.15) is 12.4 Å². The Morgan fingerprint density at radius 3 is 2.83 bits per heavy atom. The summed E-state index contributed by atoms with van der Waals surface area (Å²) in [7, 11) is 0. The predicted octanol–water partition coefficient (Wildman–Crippen LogP) is 3.78. The Bertz CT molecular complexity index is 478. The molecule has 0 aliphatic heterocycles. The molecule has 0 spiro atoms. The van der Waals surface area contributed by atoms with Gasteiger partial charge in [0.15, 0.2) is 0 Å². The standard InChI is InChI=1S/C14H15ClO3/c1-3-10(2)9-18-13-6-4-11(8-12(13)15)5-7-14(16)17/h4-8H,2-3,9H2,1H3,(H,16,17). The SMILES string of the molecule is C=C(CC)COc1ccc(C=CC(=O)O)cc1Cl. The predicted molar refractivity (Wildman–Crippen MR) is 73.0 cm³/mol. The largest absolute Gasteiger partial charge is 0.488 e. The molecule has 0 saturated heterocycles. The Morgan fingerprint density at radius 2 is 2.28 bits per heavy atom. The van der Waals surface area contributed by atoms with E-state index < -0.39 is 5.97 Å². The van der Waals surface area contributed by atoms with Crippen LogP contribution in [0.4, 0.5) is 0 Å². The van der Waals surface area contributed by atoms with Crippen molar-refractivity contribution in [3.8, 4) is 5.75 Å². The number of hydrogen-bond donors (Lipinski definition) is 1. The molecule has 0 aromatic heterocycles. The van der Waals surface area contributed by atoms with Crippen LogP contribution in [0.5, 0.6) is 5.75 Å². The van der Waals surface area contributed by atoms with Crippen LogP contribution in [0, 0.1) is 0 Å². The van der Waals surface area contributed by atoms with Gasteiger partial charge in [-0.15, -0.1) is 0 Å². The fourth-order valence-electron chi connectivity index (χ4n) is 1.19. The van der Waals surface area contributed by atoms with E-state index in [4.69, 9.17) is 21.4 Å². The summed E-state index contributed by atoms with van der Waals surface area (Å²) >= 11 is 6.04. The number of carboxylic acid groups (broad SMARTS) is 1. The average Bonchev–Trinajstić information content (AvgIpc) is 2.34. The van der Waals surface area contributed by atoms with E-state index >= 15 is 0 Å². The van der Waals surface area contributed by atoms with Gasteiger partial charge in [0.2, 0.25) is 0 Å². The fourth-order valence-corrected chi connectivity index (χ4v) is 1.43. The van der Waals surface area contributed by atoms with Crippen LogP contribution < -0.4 is 4.74 Å². The Morgan fingerprint density at radius 1 is 1.56 bits per heavy atom. The zero-order valence-electron chi connectivity index (χ0n) is 10.1. The Hall–Kier alpha value is -1.74. The zero-order valence-corrected chi connectivity index (χ0v) is 10.9. The Kier molecular flexibility index (Phi) is 5.46. The minimum Gasteiger partial charge on any atom is -0.488 e. The highest BCUT2D eigenvalue weighted by molar-refractivity contribution is 6.32. The number of carboxylic acids is 1. The van der Waals surface area contributed by atoms with Gasteiger partial charge in [0.05, 0.1) is 5.02 Å². The maximum Gasteiger partial charge on any atom is 0.328 e. The zero-order chi connectivity index (χ0) is 13.5. The molecule has 0 atom stereocenters. The third kappa shape index (κ3) is 4.63. The van der Waals surface area contributed by atoms with E-state index in [1.165, 1.54) is 6.08 Å². The van der Waals surface area contributed by atoms with Crippen LogP contribution in [0.15, 0.2) is 36.4 Å². The van der Waals surface area contributed by atoms with Gasteiger partial charge in [0.25, 0.3) is 0 Å². The van der Waals surface area contributed by atoms with Crippen LogP contribution in [-0.2, 0) is 4.79 Å². The first kappa shape index (κ1) is 14.3. The number of hydrogen-bond acceptors (Lipinski definition) is 2. The molecule has 0 fully saturated rings. The van der Waals surface area contributed by atoms with Crippen molar-refractivity contribution >= 4 is 23.6 Å². The van der Waals surface area contributed by atoms with Gasteiger partial charge in [-0.25, -0.2) is 4.79 Å². The van der Waals surface area contributed by atoms with Crippen molar-refractivity contribution in [3.63, 3.8) is 0 Å². The maximum atomic E-state index is 10.4. The van der Waals surface area contributed by atoms with Crippen molar-refractivity contribution in [1.82, 2.24) is 0 Å². The Balaban J connectivity index is 2.73. The van der Waals surface area contributed by atoms with Gasteiger partial charge in [0, 0.05) is 6.08 Å². The normalized spacial score (nSPS) is 10.6. The minimum atomic E-state index is -0.995. The summed E-state index contributed by atoms with van der Waals surface area (Å²) in [6, 6.07) is 5.12. The van der Waals surface area contributed by atoms with Gasteiger partial charge >= 0.3 is 5.97 Å². The lowest BCUT2D eigenvalue weighted by atomic mass is 10.2. The van der Waals surface area contributed by atoms with Crippen LogP contribution in [0.25, 0.3) is 6.08 Å². The molecule has 18 heavy (non-hydrogen) atoms. The van der Waals surface area contributed by atoms with Crippen LogP contribution >= 0.6 is 11.6 Å². The van der Waals surface area contributed by atoms with Crippen molar-refractivity contribution < 1.29 is 14.6 Å². The smallest absolute Gasteiger partial charge is 0.328 e. The minimum absolute atomic E-state index is 0.431. The van der Waals surface area contributed by atoms with Gasteiger partial charge in [-0.3, -0.25) is 0 Å². The monoisotopic (exact) mass is 266 g/mol. The molecule has 96 valence electrons. The second-order valence-electron chi connectivity index (χ2n) is 3.75. The van der Waals surface area contributed by atoms with Gasteiger partial charge in [-0.2, -0.15) is 0 Å². The Labute approximate surface area is 111 Å². The number of ether oxygens (including phenoxy) is 1. The molecular formula is C14H15ClO3. The number of rotatable bonds is 6. The van der Waals surface area contributed by atoms with Crippen LogP contribution in [-0.4, -0.2) is 17.7 Å². The van der Waals surface area contributed by atoms with Crippen molar-refractivity contribution in [1.29, 1.82) is 0 Å². The molecule has 1 aromatic carbocycles. The summed E-state index contributed by atoms with van der Waals surface area (Å²) in [5.41, 5.74) is 1.70. The topological polar surface area (TPSA) is 46.5 Å². The first-order valence-electron chi connectivity index (χ1n) is 5.53. The van der Waals surface area contributed by atoms with E-state index in [9.17, 15) is 4.79 Å². The van der Waals surface area contributed by atoms with E-state index in [1.807, 2.05) is 6.92 Å². The highest BCUT2D eigenvalue weighted by Crippen LogP contribution is 2.26. The summed E-state index contributed by atoms with van der Waals surface area (Å²) in [6.45, 7) is 6.28. The van der Waals surface area contributed by atoms with Crippen molar-refractivity contribution in [3.05, 3.63) is 47.0 Å². The van der Waals surface area contributed by atoms with Crippen molar-refractivity contribution in [2.45, 2.75) is 13.3 Å². The molecular weight excluding hydrogens is 252 g/mol. The number of aliphatic carboxylic acids is 1. The van der Waals surface area contributed by atoms with Gasteiger partial charge < -0.3 is 9.84 Å². The van der Waals surface area contributed by atoms with Crippen molar-refractivity contribution in [2.24, 2.45) is 0 Å². The van der Waals surface area contributed by atoms with E-state index in [2.05, 4.69) is 6.58 Å². The third-order valence-electron chi connectivity index (χ3n) is 2.31. The highest BCUT2D eigenvalue weighted by Gasteiger charge is 2.02. The molecule has 0 unspecified atom stereocenters. The molecule has 1 rings (SSSR count). The molecule has 0 amide bonds. The lowest BCUT2D eigenvalue weighted by molar-refractivity contribution is -0.131. The molecule has 0 heterocycles. The van der Waals surface area contributed by atoms with E-state index in [1.54, 1.807) is 18.2 Å². The quantitative estimate of drug-likeness (QED) is 0.629. The van der Waals surface area contributed by atoms with Gasteiger partial charge in [-0.1, -0.05) is 31.2 Å². The molecule has 0 radical (unpaired) electrons. The molecule has 1 N–H and O–H groups in total. The lowest BCUT2D eigenvalue weighted by Gasteiger charge is -2.09. The summed E-state index contributed by atoms with van der Waals surface area (Å²) in [4.78, 5) is 10.4. The maximum absolute atomic E-state index is 10.4. The van der Waals surface area contributed by atoms with Gasteiger partial charge in [-0.05, 0) is 35.8 Å². The second kappa shape index (κ2) is 6.87. The number of benzene rings is 1. The number of halogens is 1. The number of carbonyl (C=O) groups is 1. The average molecular weight is 267 g/mol. The lowest BCUT2D eigenvalue weighted by Crippen LogP contribution is -1.99. The second-order valence-corrected chi connectivity index (χ2v) is 4.16. The summed E-state index contributed by atoms with van der Waals surface area (Å²) in [5.74, 6) is -0.426. The van der Waals surface area contributed by atoms with Crippen LogP contribution in [0.3, 0.4) is 0 Å². The molecule has 0 bridgehead atoms. The van der Waals surface area contributed by atoms with E-state index in [-0.39, 0.29) is 0 Å². The fraction of sp³-hybridized carbons (Fsp3) is 0.214. The van der Waals surface area contributed by atoms with Crippen LogP contribution in [0.2, 0.25) is 5.02 Å². The van der Waals surface area contributed by atoms with E-state index in [0.29, 0.717) is 22.9 Å². The third-order valence-corrected chi connectivity index (χ3v) is 2.60. The highest BCUT2D eigenvalue weighted by atomic mass is 35.5. The molecule has 1 aromatic rings. The molecule has 0 saturated carbocycles. The molecule has 0 aliphatic rings. The van der Waals surface area contributed by atoms with Crippen LogP contribution in [0.1, 0.15) is 18.9 Å². The summed E-state index contributed by atoms with van der Waals surface area (Å²) < 4.78 is 5.50. The first-order chi connectivity index (χ1) is 8.52. The van der Waals surface area contributed by atoms with Crippen molar-refractivity contribution in [2.75, 3.05) is 6.61 Å². The van der Waals surface area contributed by atoms with E-state index in [0.717, 1.165) is 18.1 Å². The molecule has 3 nitrogen and oxygen atoms in total. The summed E-state index contributed by atoms with van der Waals surface area (Å²) in [6.07, 6.45) is 3.39.